The highest BCUT2D eigenvalue weighted by molar-refractivity contribution is 4.96. The SMILES string of the molecule is C1COC(CCNC(C2CC2)C2CC2)C1. The molecule has 3 fully saturated rings. The van der Waals surface area contributed by atoms with Gasteiger partial charge in [0.15, 0.2) is 0 Å². The Kier molecular flexibility index (Phi) is 2.98. The highest BCUT2D eigenvalue weighted by atomic mass is 16.5. The summed E-state index contributed by atoms with van der Waals surface area (Å²) in [4.78, 5) is 0. The molecule has 0 aromatic rings. The molecule has 0 aromatic carbocycles. The maximum atomic E-state index is 5.65. The van der Waals surface area contributed by atoms with Gasteiger partial charge in [0.1, 0.15) is 0 Å². The van der Waals surface area contributed by atoms with Gasteiger partial charge in [-0.05, 0) is 63.3 Å². The average Bonchev–Trinajstić information content (AvgIpc) is 3.15. The molecule has 1 N–H and O–H groups in total. The van der Waals surface area contributed by atoms with E-state index in [4.69, 9.17) is 4.74 Å². The van der Waals surface area contributed by atoms with Crippen LogP contribution in [0.2, 0.25) is 0 Å². The third-order valence-corrected chi connectivity index (χ3v) is 4.13. The fraction of sp³-hybridized carbons (Fsp3) is 1.00. The van der Waals surface area contributed by atoms with E-state index in [0.717, 1.165) is 24.5 Å². The standard InChI is InChI=1S/C13H23NO/c1-2-12(15-9-1)7-8-14-13(10-3-4-10)11-5-6-11/h10-14H,1-9H2. The third-order valence-electron chi connectivity index (χ3n) is 4.13. The first-order chi connectivity index (χ1) is 7.43. The Morgan fingerprint density at radius 3 is 2.33 bits per heavy atom. The summed E-state index contributed by atoms with van der Waals surface area (Å²) < 4.78 is 5.65. The monoisotopic (exact) mass is 209 g/mol. The zero-order valence-corrected chi connectivity index (χ0v) is 9.58. The molecule has 1 unspecified atom stereocenters. The molecule has 86 valence electrons. The lowest BCUT2D eigenvalue weighted by atomic mass is 10.1. The normalized spacial score (nSPS) is 31.4. The second-order valence-electron chi connectivity index (χ2n) is 5.58. The van der Waals surface area contributed by atoms with Crippen LogP contribution in [0.15, 0.2) is 0 Å². The molecule has 0 spiro atoms. The first-order valence-corrected chi connectivity index (χ1v) is 6.78. The average molecular weight is 209 g/mol. The Morgan fingerprint density at radius 2 is 1.80 bits per heavy atom. The van der Waals surface area contributed by atoms with Gasteiger partial charge in [0.2, 0.25) is 0 Å². The van der Waals surface area contributed by atoms with Gasteiger partial charge in [-0.1, -0.05) is 0 Å². The zero-order chi connectivity index (χ0) is 10.1. The van der Waals surface area contributed by atoms with Gasteiger partial charge in [-0.25, -0.2) is 0 Å². The van der Waals surface area contributed by atoms with E-state index >= 15 is 0 Å². The van der Waals surface area contributed by atoms with Crippen molar-refractivity contribution in [2.24, 2.45) is 11.8 Å². The molecule has 0 bridgehead atoms. The van der Waals surface area contributed by atoms with E-state index in [2.05, 4.69) is 5.32 Å². The first kappa shape index (κ1) is 10.1. The summed E-state index contributed by atoms with van der Waals surface area (Å²) in [5.41, 5.74) is 0. The molecule has 1 aliphatic heterocycles. The smallest absolute Gasteiger partial charge is 0.0588 e. The van der Waals surface area contributed by atoms with Crippen molar-refractivity contribution in [1.29, 1.82) is 0 Å². The summed E-state index contributed by atoms with van der Waals surface area (Å²) in [6, 6.07) is 0.867. The van der Waals surface area contributed by atoms with Gasteiger partial charge in [-0.3, -0.25) is 0 Å². The number of nitrogens with one attached hydrogen (secondary N) is 1. The van der Waals surface area contributed by atoms with Crippen molar-refractivity contribution in [2.75, 3.05) is 13.2 Å². The van der Waals surface area contributed by atoms with Crippen molar-refractivity contribution >= 4 is 0 Å². The maximum Gasteiger partial charge on any atom is 0.0588 e. The van der Waals surface area contributed by atoms with Crippen LogP contribution in [-0.2, 0) is 4.74 Å². The van der Waals surface area contributed by atoms with Crippen LogP contribution < -0.4 is 5.32 Å². The van der Waals surface area contributed by atoms with Gasteiger partial charge in [0, 0.05) is 12.6 Å². The van der Waals surface area contributed by atoms with Gasteiger partial charge < -0.3 is 10.1 Å². The predicted octanol–water partition coefficient (Wildman–Crippen LogP) is 2.33. The van der Waals surface area contributed by atoms with Crippen LogP contribution in [0.3, 0.4) is 0 Å². The molecule has 0 amide bonds. The molecule has 1 saturated heterocycles. The summed E-state index contributed by atoms with van der Waals surface area (Å²) >= 11 is 0. The Balaban J connectivity index is 1.36. The Labute approximate surface area is 92.8 Å². The summed E-state index contributed by atoms with van der Waals surface area (Å²) in [6.07, 6.45) is 10.3. The molecule has 0 radical (unpaired) electrons. The van der Waals surface area contributed by atoms with Crippen molar-refractivity contribution in [3.05, 3.63) is 0 Å². The van der Waals surface area contributed by atoms with Crippen LogP contribution in [0.1, 0.15) is 44.9 Å². The second kappa shape index (κ2) is 4.42. The molecular formula is C13H23NO. The van der Waals surface area contributed by atoms with E-state index in [1.54, 1.807) is 0 Å². The number of hydrogen-bond acceptors (Lipinski definition) is 2. The highest BCUT2D eigenvalue weighted by Gasteiger charge is 2.40. The van der Waals surface area contributed by atoms with Crippen LogP contribution in [0.5, 0.6) is 0 Å². The minimum absolute atomic E-state index is 0.566. The summed E-state index contributed by atoms with van der Waals surface area (Å²) in [7, 11) is 0. The third kappa shape index (κ3) is 2.73. The van der Waals surface area contributed by atoms with Crippen LogP contribution in [0, 0.1) is 11.8 Å². The van der Waals surface area contributed by atoms with E-state index in [1.165, 1.54) is 51.5 Å². The lowest BCUT2D eigenvalue weighted by molar-refractivity contribution is 0.103. The van der Waals surface area contributed by atoms with Crippen molar-refractivity contribution in [3.8, 4) is 0 Å². The minimum atomic E-state index is 0.566. The largest absolute Gasteiger partial charge is 0.378 e. The number of ether oxygens (including phenoxy) is 1. The quantitative estimate of drug-likeness (QED) is 0.725. The molecule has 0 aromatic heterocycles. The van der Waals surface area contributed by atoms with Crippen LogP contribution in [0.25, 0.3) is 0 Å². The van der Waals surface area contributed by atoms with Crippen molar-refractivity contribution < 1.29 is 4.74 Å². The van der Waals surface area contributed by atoms with E-state index < -0.39 is 0 Å². The van der Waals surface area contributed by atoms with Gasteiger partial charge >= 0.3 is 0 Å². The lowest BCUT2D eigenvalue weighted by Crippen LogP contribution is -2.35. The van der Waals surface area contributed by atoms with Crippen molar-refractivity contribution in [1.82, 2.24) is 5.32 Å². The molecule has 1 atom stereocenters. The highest BCUT2D eigenvalue weighted by Crippen LogP contribution is 2.44. The van der Waals surface area contributed by atoms with E-state index in [0.29, 0.717) is 6.10 Å². The molecular weight excluding hydrogens is 186 g/mol. The summed E-state index contributed by atoms with van der Waals surface area (Å²) in [6.45, 7) is 2.18. The van der Waals surface area contributed by atoms with Crippen molar-refractivity contribution in [2.45, 2.75) is 57.1 Å². The van der Waals surface area contributed by atoms with Crippen LogP contribution in [0.4, 0.5) is 0 Å². The fourth-order valence-electron chi connectivity index (χ4n) is 2.91. The maximum absolute atomic E-state index is 5.65. The second-order valence-corrected chi connectivity index (χ2v) is 5.58. The molecule has 2 nitrogen and oxygen atoms in total. The molecule has 3 rings (SSSR count). The van der Waals surface area contributed by atoms with Crippen LogP contribution in [-0.4, -0.2) is 25.3 Å². The van der Waals surface area contributed by atoms with E-state index in [-0.39, 0.29) is 0 Å². The van der Waals surface area contributed by atoms with Crippen molar-refractivity contribution in [3.63, 3.8) is 0 Å². The summed E-state index contributed by atoms with van der Waals surface area (Å²) in [5, 5.41) is 3.79. The van der Waals surface area contributed by atoms with Gasteiger partial charge in [-0.2, -0.15) is 0 Å². The molecule has 3 aliphatic rings. The minimum Gasteiger partial charge on any atom is -0.378 e. The predicted molar refractivity (Wildman–Crippen MR) is 60.8 cm³/mol. The Morgan fingerprint density at radius 1 is 1.07 bits per heavy atom. The first-order valence-electron chi connectivity index (χ1n) is 6.78. The lowest BCUT2D eigenvalue weighted by Gasteiger charge is -2.18. The van der Waals surface area contributed by atoms with Gasteiger partial charge in [0.25, 0.3) is 0 Å². The molecule has 15 heavy (non-hydrogen) atoms. The number of rotatable bonds is 6. The molecule has 2 heteroatoms. The molecule has 2 saturated carbocycles. The molecule has 2 aliphatic carbocycles. The Hall–Kier alpha value is -0.0800. The van der Waals surface area contributed by atoms with Gasteiger partial charge in [0.05, 0.1) is 6.10 Å². The van der Waals surface area contributed by atoms with E-state index in [9.17, 15) is 0 Å². The Bertz CT molecular complexity index is 193. The van der Waals surface area contributed by atoms with Gasteiger partial charge in [-0.15, -0.1) is 0 Å². The zero-order valence-electron chi connectivity index (χ0n) is 9.58. The topological polar surface area (TPSA) is 21.3 Å². The van der Waals surface area contributed by atoms with Crippen LogP contribution >= 0.6 is 0 Å². The van der Waals surface area contributed by atoms with E-state index in [1.807, 2.05) is 0 Å². The molecule has 1 heterocycles. The fourth-order valence-corrected chi connectivity index (χ4v) is 2.91. The summed E-state index contributed by atoms with van der Waals surface area (Å²) in [5.74, 6) is 2.06. The number of hydrogen-bond donors (Lipinski definition) is 1.